The van der Waals surface area contributed by atoms with E-state index in [1.165, 1.54) is 36.5 Å². The maximum absolute atomic E-state index is 12.9. The lowest BCUT2D eigenvalue weighted by Gasteiger charge is -2.23. The van der Waals surface area contributed by atoms with E-state index in [2.05, 4.69) is 12.2 Å². The Morgan fingerprint density at radius 1 is 0.541 bits per heavy atom. The SMILES string of the molecule is CC(C[C@@H](C)Cc1ccc(O)c(N)c1)C(=O)OC(C)(C)C.CC(C[C@@H](C)Cc1ccc(OC(=O)CCOCCN2C(=O)C=CC2=O)c(NC(=O)CCOCCN2C(=O)C=CC2=O)c1)C(=O)OC(C)(C)C.O=C(O)CCOCCN1C(=O)C=CC1=O. The zero-order chi connectivity index (χ0) is 63.6. The molecule has 0 aliphatic carbocycles. The van der Waals surface area contributed by atoms with E-state index in [-0.39, 0.29) is 137 Å². The van der Waals surface area contributed by atoms with E-state index in [4.69, 9.17) is 39.3 Å². The minimum absolute atomic E-state index is 0.0162. The van der Waals surface area contributed by atoms with Gasteiger partial charge in [0, 0.05) is 36.5 Å². The number of nitrogens with two attached hydrogens (primary N) is 1. The van der Waals surface area contributed by atoms with Crippen LogP contribution >= 0.6 is 0 Å². The fourth-order valence-corrected chi connectivity index (χ4v) is 8.39. The molecule has 3 aliphatic rings. The Morgan fingerprint density at radius 3 is 1.31 bits per heavy atom. The Morgan fingerprint density at radius 2 is 0.918 bits per heavy atom. The number of amides is 7. The number of anilines is 2. The van der Waals surface area contributed by atoms with Crippen molar-refractivity contribution in [2.75, 3.05) is 70.3 Å². The van der Waals surface area contributed by atoms with E-state index in [0.29, 0.717) is 24.4 Å². The number of aromatic hydroxyl groups is 1. The van der Waals surface area contributed by atoms with Crippen molar-refractivity contribution in [1.29, 1.82) is 0 Å². The predicted molar refractivity (Wildman–Crippen MR) is 310 cm³/mol. The number of rotatable bonds is 30. The molecule has 2 aromatic rings. The van der Waals surface area contributed by atoms with E-state index in [9.17, 15) is 57.8 Å². The summed E-state index contributed by atoms with van der Waals surface area (Å²) in [4.78, 5) is 132. The van der Waals surface area contributed by atoms with Gasteiger partial charge >= 0.3 is 23.9 Å². The zero-order valence-electron chi connectivity index (χ0n) is 50.3. The molecule has 0 bridgehead atoms. The van der Waals surface area contributed by atoms with E-state index < -0.39 is 52.7 Å². The van der Waals surface area contributed by atoms with Crippen LogP contribution in [0.5, 0.6) is 11.5 Å². The van der Waals surface area contributed by atoms with E-state index in [1.54, 1.807) is 30.3 Å². The molecule has 2 aromatic carbocycles. The number of carboxylic acids is 1. The summed E-state index contributed by atoms with van der Waals surface area (Å²) in [5.74, 6) is -4.61. The summed E-state index contributed by atoms with van der Waals surface area (Å²) >= 11 is 0. The van der Waals surface area contributed by atoms with Gasteiger partial charge in [0.05, 0.1) is 102 Å². The molecule has 85 heavy (non-hydrogen) atoms. The molecule has 24 nitrogen and oxygen atoms in total. The molecule has 5 rings (SSSR count). The molecule has 0 aromatic heterocycles. The van der Waals surface area contributed by atoms with Crippen LogP contribution in [0, 0.1) is 23.7 Å². The van der Waals surface area contributed by atoms with Crippen LogP contribution in [0.3, 0.4) is 0 Å². The van der Waals surface area contributed by atoms with Gasteiger partial charge < -0.3 is 49.7 Å². The van der Waals surface area contributed by atoms with Crippen molar-refractivity contribution in [2.45, 2.75) is 125 Å². The number of esters is 3. The van der Waals surface area contributed by atoms with Crippen molar-refractivity contribution in [3.05, 3.63) is 84.0 Å². The molecular weight excluding hydrogens is 1110 g/mol. The average Bonchev–Trinajstić information content (AvgIpc) is 4.25. The van der Waals surface area contributed by atoms with Crippen LogP contribution in [0.1, 0.15) is 112 Å². The van der Waals surface area contributed by atoms with Gasteiger partial charge in [-0.15, -0.1) is 0 Å². The van der Waals surface area contributed by atoms with E-state index in [1.807, 2.05) is 68.4 Å². The number of phenolic OH excluding ortho intramolecular Hbond substituents is 1. The third-order valence-corrected chi connectivity index (χ3v) is 12.4. The second kappa shape index (κ2) is 34.6. The second-order valence-electron chi connectivity index (χ2n) is 22.7. The number of phenols is 1. The Hall–Kier alpha value is -8.09. The molecule has 4 atom stereocenters. The van der Waals surface area contributed by atoms with Crippen molar-refractivity contribution < 1.29 is 91.4 Å². The van der Waals surface area contributed by atoms with Gasteiger partial charge in [0.1, 0.15) is 17.0 Å². The summed E-state index contributed by atoms with van der Waals surface area (Å²) in [5.41, 5.74) is 7.22. The van der Waals surface area contributed by atoms with Crippen molar-refractivity contribution in [3.63, 3.8) is 0 Å². The number of carboxylic acid groups (broad SMARTS) is 1. The fraction of sp³-hybridized carbons (Fsp3) is 0.525. The largest absolute Gasteiger partial charge is 0.506 e. The normalized spacial score (nSPS) is 15.2. The number of carbonyl (C=O) groups excluding carboxylic acids is 10. The van der Waals surface area contributed by atoms with Crippen LogP contribution in [-0.2, 0) is 89.3 Å². The van der Waals surface area contributed by atoms with Crippen molar-refractivity contribution in [3.8, 4) is 11.5 Å². The Bertz CT molecular complexity index is 2740. The highest BCUT2D eigenvalue weighted by molar-refractivity contribution is 6.14. The highest BCUT2D eigenvalue weighted by Gasteiger charge is 2.28. The zero-order valence-corrected chi connectivity index (χ0v) is 50.3. The number of aliphatic carboxylic acids is 1. The van der Waals surface area contributed by atoms with Gasteiger partial charge in [-0.3, -0.25) is 67.4 Å². The van der Waals surface area contributed by atoms with Crippen molar-refractivity contribution in [1.82, 2.24) is 14.7 Å². The molecule has 3 aliphatic heterocycles. The van der Waals surface area contributed by atoms with Crippen LogP contribution in [0.2, 0.25) is 0 Å². The third kappa shape index (κ3) is 27.4. The van der Waals surface area contributed by atoms with E-state index in [0.717, 1.165) is 38.7 Å². The smallest absolute Gasteiger partial charge is 0.313 e. The molecule has 466 valence electrons. The number of nitrogen functional groups attached to an aromatic ring is 1. The first kappa shape index (κ1) is 71.2. The summed E-state index contributed by atoms with van der Waals surface area (Å²) < 4.78 is 32.3. The van der Waals surface area contributed by atoms with Gasteiger partial charge in [-0.1, -0.05) is 39.8 Å². The fourth-order valence-electron chi connectivity index (χ4n) is 8.39. The van der Waals surface area contributed by atoms with Crippen LogP contribution in [0.4, 0.5) is 11.4 Å². The van der Waals surface area contributed by atoms with E-state index >= 15 is 0 Å². The number of nitrogens with one attached hydrogen (secondary N) is 1. The maximum atomic E-state index is 12.9. The first-order valence-electron chi connectivity index (χ1n) is 28.0. The molecular formula is C61H83N5O19. The molecule has 0 spiro atoms. The molecule has 5 N–H and O–H groups in total. The van der Waals surface area contributed by atoms with Crippen molar-refractivity contribution >= 4 is 76.6 Å². The topological polar surface area (TPSA) is 331 Å². The second-order valence-corrected chi connectivity index (χ2v) is 22.7. The Balaban J connectivity index is 0.000000426. The number of ether oxygens (including phenoxy) is 6. The molecule has 0 saturated carbocycles. The number of imide groups is 3. The van der Waals surface area contributed by atoms with Gasteiger partial charge in [-0.2, -0.15) is 0 Å². The lowest BCUT2D eigenvalue weighted by Crippen LogP contribution is -2.33. The Kier molecular flexibility index (Phi) is 29.0. The van der Waals surface area contributed by atoms with Crippen LogP contribution in [0.15, 0.2) is 72.9 Å². The van der Waals surface area contributed by atoms with Gasteiger partial charge in [-0.05, 0) is 114 Å². The summed E-state index contributed by atoms with van der Waals surface area (Å²) in [5, 5.41) is 20.5. The number of nitrogens with zero attached hydrogens (tertiary/aromatic N) is 3. The molecule has 7 amide bonds. The highest BCUT2D eigenvalue weighted by atomic mass is 16.6. The number of carbonyl (C=O) groups is 11. The van der Waals surface area contributed by atoms with Gasteiger partial charge in [0.15, 0.2) is 5.75 Å². The summed E-state index contributed by atoms with van der Waals surface area (Å²) in [6, 6.07) is 10.3. The lowest BCUT2D eigenvalue weighted by molar-refractivity contribution is -0.161. The molecule has 0 fully saturated rings. The van der Waals surface area contributed by atoms with Gasteiger partial charge in [0.25, 0.3) is 35.4 Å². The van der Waals surface area contributed by atoms with Crippen LogP contribution in [-0.4, -0.2) is 161 Å². The number of benzene rings is 2. The van der Waals surface area contributed by atoms with Gasteiger partial charge in [0.2, 0.25) is 5.91 Å². The molecule has 0 radical (unpaired) electrons. The number of hydrogen-bond donors (Lipinski definition) is 4. The molecule has 24 heteroatoms. The molecule has 0 saturated heterocycles. The number of hydrogen-bond acceptors (Lipinski definition) is 19. The molecule has 3 heterocycles. The monoisotopic (exact) mass is 1190 g/mol. The maximum Gasteiger partial charge on any atom is 0.313 e. The average molecular weight is 1190 g/mol. The standard InChI is InChI=1S/C35H45N3O11.C17H27NO3.C9H11NO5/c1-23(20-24(2)34(45)49-35(3,4)5)21-25-6-7-27(48-33(44)13-17-47-19-15-38-31(42)10-11-32(38)43)26(22-25)36-28(39)12-16-46-18-14-37-29(40)8-9-30(37)41;1-11(8-12(2)16(20)21-17(3,4)5)9-13-6-7-15(19)14(18)10-13;11-7-1-2-8(12)10(7)4-6-15-5-3-9(13)14/h6-11,22-24H,12-21H2,1-5H3,(H,36,39);6-7,10-12,19H,8-9,18H2,1-5H3;1-2H,3-6H2,(H,13,14)/t23-,24?;11-,12?;/m11./s1. The van der Waals surface area contributed by atoms with Gasteiger partial charge in [-0.25, -0.2) is 0 Å². The quantitative estimate of drug-likeness (QED) is 0.0183. The first-order valence-corrected chi connectivity index (χ1v) is 28.0. The molecule has 2 unspecified atom stereocenters. The summed E-state index contributed by atoms with van der Waals surface area (Å²) in [6.07, 6.45) is 9.58. The van der Waals surface area contributed by atoms with Crippen molar-refractivity contribution in [2.24, 2.45) is 23.7 Å². The highest BCUT2D eigenvalue weighted by Crippen LogP contribution is 2.30. The summed E-state index contributed by atoms with van der Waals surface area (Å²) in [6.45, 7) is 19.6. The predicted octanol–water partition coefficient (Wildman–Crippen LogP) is 5.66. The summed E-state index contributed by atoms with van der Waals surface area (Å²) in [7, 11) is 0. The minimum Gasteiger partial charge on any atom is -0.506 e. The van der Waals surface area contributed by atoms with Crippen LogP contribution < -0.4 is 15.8 Å². The Labute approximate surface area is 496 Å². The lowest BCUT2D eigenvalue weighted by atomic mass is 9.91. The van der Waals surface area contributed by atoms with Crippen LogP contribution in [0.25, 0.3) is 0 Å². The minimum atomic E-state index is -0.940. The third-order valence-electron chi connectivity index (χ3n) is 12.4. The first-order chi connectivity index (χ1) is 39.8.